The lowest BCUT2D eigenvalue weighted by atomic mass is 10.2. The molecule has 1 rings (SSSR count). The molecule has 1 aromatic rings. The predicted molar refractivity (Wildman–Crippen MR) is 62.9 cm³/mol. The fraction of sp³-hybridized carbons (Fsp3) is 0.417. The van der Waals surface area contributed by atoms with Crippen molar-refractivity contribution in [1.29, 1.82) is 0 Å². The van der Waals surface area contributed by atoms with Crippen LogP contribution in [0.5, 0.6) is 0 Å². The Morgan fingerprint density at radius 2 is 2.21 bits per heavy atom. The van der Waals surface area contributed by atoms with Gasteiger partial charge in [0.1, 0.15) is 0 Å². The van der Waals surface area contributed by atoms with Crippen molar-refractivity contribution in [3.63, 3.8) is 0 Å². The molecule has 0 bridgehead atoms. The van der Waals surface area contributed by atoms with Crippen molar-refractivity contribution in [2.75, 3.05) is 12.1 Å². The standard InChI is InChI=1S/C12H18N2/c1-4-8-11(2)13-14(3)12-9-6-5-7-10-12/h5-7,9-10H,4,8H2,1-3H3/b13-11+/i2D3,8D2. The zero-order chi connectivity index (χ0) is 14.7. The largest absolute Gasteiger partial charge is 0.269 e. The SMILES string of the molecule is [2H]C([2H])([2H])/C(=N\N(C)c1ccccc1)C([2H])([2H])CC. The predicted octanol–water partition coefficient (Wildman–Crippen LogP) is 3.30. The summed E-state index contributed by atoms with van der Waals surface area (Å²) >= 11 is 0. The topological polar surface area (TPSA) is 15.6 Å². The lowest BCUT2D eigenvalue weighted by Crippen LogP contribution is -2.11. The molecule has 0 radical (unpaired) electrons. The van der Waals surface area contributed by atoms with Crippen molar-refractivity contribution >= 4 is 11.4 Å². The van der Waals surface area contributed by atoms with Crippen LogP contribution in [-0.4, -0.2) is 12.8 Å². The molecule has 0 N–H and O–H groups in total. The van der Waals surface area contributed by atoms with Crippen LogP contribution in [-0.2, 0) is 0 Å². The highest BCUT2D eigenvalue weighted by atomic mass is 15.4. The van der Waals surface area contributed by atoms with E-state index in [0.717, 1.165) is 0 Å². The first-order valence-electron chi connectivity index (χ1n) is 7.07. The van der Waals surface area contributed by atoms with Crippen molar-refractivity contribution < 1.29 is 6.85 Å². The number of nitrogens with zero attached hydrogens (tertiary/aromatic N) is 2. The van der Waals surface area contributed by atoms with E-state index in [-0.39, 0.29) is 6.42 Å². The average Bonchev–Trinajstić information content (AvgIpc) is 2.35. The summed E-state index contributed by atoms with van der Waals surface area (Å²) in [5.74, 6) is 0. The second-order valence-electron chi connectivity index (χ2n) is 2.84. The Bertz CT molecular complexity index is 439. The van der Waals surface area contributed by atoms with E-state index in [1.165, 1.54) is 5.01 Å². The average molecular weight is 195 g/mol. The van der Waals surface area contributed by atoms with E-state index in [1.807, 2.05) is 18.2 Å². The number of hydrazone groups is 1. The molecule has 1 aromatic carbocycles. The normalized spacial score (nSPS) is 18.7. The van der Waals surface area contributed by atoms with Gasteiger partial charge in [0.15, 0.2) is 0 Å². The molecule has 0 saturated carbocycles. The van der Waals surface area contributed by atoms with Gasteiger partial charge < -0.3 is 0 Å². The molecule has 0 unspecified atom stereocenters. The van der Waals surface area contributed by atoms with Crippen molar-refractivity contribution in [3.8, 4) is 0 Å². The molecule has 0 heterocycles. The number of benzene rings is 1. The van der Waals surface area contributed by atoms with E-state index in [4.69, 9.17) is 6.85 Å². The summed E-state index contributed by atoms with van der Waals surface area (Å²) < 4.78 is 37.9. The van der Waals surface area contributed by atoms with Crippen LogP contribution in [0, 0.1) is 0 Å². The third-order valence-corrected chi connectivity index (χ3v) is 1.72. The monoisotopic (exact) mass is 195 g/mol. The zero-order valence-electron chi connectivity index (χ0n) is 13.5. The van der Waals surface area contributed by atoms with Crippen molar-refractivity contribution in [2.24, 2.45) is 5.10 Å². The van der Waals surface area contributed by atoms with E-state index in [2.05, 4.69) is 5.10 Å². The molecular weight excluding hydrogens is 172 g/mol. The maximum absolute atomic E-state index is 7.79. The van der Waals surface area contributed by atoms with Crippen molar-refractivity contribution in [3.05, 3.63) is 30.3 Å². The molecule has 2 heteroatoms. The number of para-hydroxylation sites is 1. The Labute approximate surface area is 93.3 Å². The molecule has 0 amide bonds. The molecule has 2 nitrogen and oxygen atoms in total. The van der Waals surface area contributed by atoms with Gasteiger partial charge in [0.2, 0.25) is 0 Å². The fourth-order valence-electron chi connectivity index (χ4n) is 1.05. The molecule has 0 fully saturated rings. The highest BCUT2D eigenvalue weighted by molar-refractivity contribution is 5.82. The maximum atomic E-state index is 7.79. The van der Waals surface area contributed by atoms with Crippen LogP contribution in [0.4, 0.5) is 5.69 Å². The second kappa shape index (κ2) is 5.43. The summed E-state index contributed by atoms with van der Waals surface area (Å²) in [6.07, 6.45) is -1.89. The van der Waals surface area contributed by atoms with Crippen LogP contribution < -0.4 is 5.01 Å². The Morgan fingerprint density at radius 1 is 1.50 bits per heavy atom. The van der Waals surface area contributed by atoms with Gasteiger partial charge in [0.05, 0.1) is 5.69 Å². The highest BCUT2D eigenvalue weighted by Crippen LogP contribution is 2.11. The minimum Gasteiger partial charge on any atom is -0.269 e. The molecule has 0 spiro atoms. The Kier molecular flexibility index (Phi) is 2.15. The first kappa shape index (κ1) is 5.54. The lowest BCUT2D eigenvalue weighted by Gasteiger charge is -2.13. The van der Waals surface area contributed by atoms with Crippen LogP contribution >= 0.6 is 0 Å². The zero-order valence-corrected chi connectivity index (χ0v) is 8.49. The second-order valence-corrected chi connectivity index (χ2v) is 2.84. The summed E-state index contributed by atoms with van der Waals surface area (Å²) in [5, 5.41) is 5.36. The molecular formula is C12H18N2. The minimum atomic E-state index is -2.55. The summed E-state index contributed by atoms with van der Waals surface area (Å²) in [4.78, 5) is 0. The summed E-state index contributed by atoms with van der Waals surface area (Å²) in [6, 6.07) is 9.02. The van der Waals surface area contributed by atoms with Crippen molar-refractivity contribution in [1.82, 2.24) is 0 Å². The molecule has 0 saturated heterocycles. The molecule has 0 atom stereocenters. The lowest BCUT2D eigenvalue weighted by molar-refractivity contribution is 0.946. The van der Waals surface area contributed by atoms with Gasteiger partial charge in [-0.25, -0.2) is 0 Å². The van der Waals surface area contributed by atoms with E-state index < -0.39 is 18.9 Å². The Morgan fingerprint density at radius 3 is 2.79 bits per heavy atom. The summed E-state index contributed by atoms with van der Waals surface area (Å²) in [7, 11) is 1.60. The van der Waals surface area contributed by atoms with Gasteiger partial charge in [-0.3, -0.25) is 5.01 Å². The first-order chi connectivity index (χ1) is 8.68. The van der Waals surface area contributed by atoms with Gasteiger partial charge in [0.25, 0.3) is 0 Å². The molecule has 76 valence electrons. The van der Waals surface area contributed by atoms with E-state index >= 15 is 0 Å². The first-order valence-corrected chi connectivity index (χ1v) is 4.57. The molecule has 0 aliphatic heterocycles. The van der Waals surface area contributed by atoms with Crippen molar-refractivity contribution in [2.45, 2.75) is 26.6 Å². The molecule has 0 aliphatic rings. The van der Waals surface area contributed by atoms with Gasteiger partial charge in [-0.2, -0.15) is 5.10 Å². The molecule has 0 aromatic heterocycles. The van der Waals surface area contributed by atoms with E-state index in [0.29, 0.717) is 5.69 Å². The third kappa shape index (κ3) is 3.21. The number of hydrogen-bond donors (Lipinski definition) is 0. The number of rotatable bonds is 4. The van der Waals surface area contributed by atoms with Crippen LogP contribution in [0.3, 0.4) is 0 Å². The van der Waals surface area contributed by atoms with E-state index in [1.54, 1.807) is 26.1 Å². The van der Waals surface area contributed by atoms with Gasteiger partial charge in [-0.05, 0) is 25.4 Å². The third-order valence-electron chi connectivity index (χ3n) is 1.72. The van der Waals surface area contributed by atoms with E-state index in [9.17, 15) is 0 Å². The molecule has 14 heavy (non-hydrogen) atoms. The Balaban J connectivity index is 3.16. The van der Waals surface area contributed by atoms with Gasteiger partial charge in [-0.15, -0.1) is 0 Å². The van der Waals surface area contributed by atoms with Crippen LogP contribution in [0.15, 0.2) is 35.4 Å². The Hall–Kier alpha value is -1.31. The van der Waals surface area contributed by atoms with Crippen LogP contribution in [0.1, 0.15) is 33.4 Å². The number of hydrogen-bond acceptors (Lipinski definition) is 2. The summed E-state index contributed by atoms with van der Waals surface area (Å²) in [5.41, 5.74) is 0.282. The summed E-state index contributed by atoms with van der Waals surface area (Å²) in [6.45, 7) is -0.952. The van der Waals surface area contributed by atoms with Gasteiger partial charge in [0, 0.05) is 19.6 Å². The van der Waals surface area contributed by atoms with Gasteiger partial charge >= 0.3 is 0 Å². The fourth-order valence-corrected chi connectivity index (χ4v) is 1.05. The quantitative estimate of drug-likeness (QED) is 0.531. The minimum absolute atomic E-state index is 0.0624. The molecule has 0 aliphatic carbocycles. The van der Waals surface area contributed by atoms with Gasteiger partial charge in [-0.1, -0.05) is 31.5 Å². The maximum Gasteiger partial charge on any atom is 0.0590 e. The van der Waals surface area contributed by atoms with Crippen LogP contribution in [0.2, 0.25) is 0 Å². The highest BCUT2D eigenvalue weighted by Gasteiger charge is 1.97. The van der Waals surface area contributed by atoms with Crippen LogP contribution in [0.25, 0.3) is 0 Å². The number of anilines is 1. The smallest absolute Gasteiger partial charge is 0.0590 e.